The molecule has 3 fully saturated rings. The molecule has 5 N–H and O–H groups in total. The minimum Gasteiger partial charge on any atom is -0.382 e. The third kappa shape index (κ3) is 5.45. The van der Waals surface area contributed by atoms with E-state index < -0.39 is 82.9 Å². The van der Waals surface area contributed by atoms with Gasteiger partial charge >= 0.3 is 15.4 Å². The number of methoxy groups -OCH3 is 1. The van der Waals surface area contributed by atoms with E-state index in [-0.39, 0.29) is 40.4 Å². The van der Waals surface area contributed by atoms with E-state index in [0.717, 1.165) is 6.33 Å². The smallest absolute Gasteiger partial charge is 0.382 e. The normalized spacial score (nSPS) is 37.2. The molecule has 4 aromatic heterocycles. The third-order valence-corrected chi connectivity index (χ3v) is 10.3. The Labute approximate surface area is 257 Å². The molecule has 0 spiro atoms. The van der Waals surface area contributed by atoms with E-state index >= 15 is 4.39 Å². The summed E-state index contributed by atoms with van der Waals surface area (Å²) in [5, 5.41) is 0. The monoisotopic (exact) mass is 687 g/mol. The number of phosphoric acid groups is 1. The topological polar surface area (TPSA) is 263 Å². The van der Waals surface area contributed by atoms with E-state index in [1.165, 1.54) is 28.9 Å². The van der Waals surface area contributed by atoms with Gasteiger partial charge in [0.25, 0.3) is 5.56 Å². The van der Waals surface area contributed by atoms with Gasteiger partial charge in [-0.15, -0.1) is 0 Å². The number of imidazole rings is 2. The van der Waals surface area contributed by atoms with Crippen molar-refractivity contribution in [1.29, 1.82) is 0 Å². The van der Waals surface area contributed by atoms with Crippen LogP contribution in [0.25, 0.3) is 22.3 Å². The Hall–Kier alpha value is -3.23. The number of aromatic nitrogens is 8. The van der Waals surface area contributed by atoms with Crippen molar-refractivity contribution in [2.45, 2.75) is 62.5 Å². The van der Waals surface area contributed by atoms with Gasteiger partial charge in [0.15, 0.2) is 41.3 Å². The van der Waals surface area contributed by atoms with Crippen molar-refractivity contribution in [3.8, 4) is 0 Å². The lowest BCUT2D eigenvalue weighted by atomic mass is 10.1. The number of anilines is 1. The quantitative estimate of drug-likeness (QED) is 0.213. The predicted octanol–water partition coefficient (Wildman–Crippen LogP) is 0.475. The Morgan fingerprint density at radius 3 is 2.50 bits per heavy atom. The summed E-state index contributed by atoms with van der Waals surface area (Å²) in [6, 6.07) is 0. The van der Waals surface area contributed by atoms with Gasteiger partial charge in [-0.1, -0.05) is 0 Å². The van der Waals surface area contributed by atoms with E-state index in [1.54, 1.807) is 6.92 Å². The van der Waals surface area contributed by atoms with E-state index in [0.29, 0.717) is 0 Å². The van der Waals surface area contributed by atoms with Crippen LogP contribution in [0.1, 0.15) is 24.7 Å². The zero-order valence-electron chi connectivity index (χ0n) is 24.0. The summed E-state index contributed by atoms with van der Waals surface area (Å²) >= 11 is 0. The van der Waals surface area contributed by atoms with Gasteiger partial charge < -0.3 is 34.7 Å². The number of rotatable bonds is 3. The Balaban J connectivity index is 1.22. The molecule has 7 heterocycles. The SMILES string of the molecule is COC1C2COP(=O)(O)OC3C(CCP(=O)(O)OC1C(n1cnc4c(=O)[nH]c(C)nc41)O2)OC(n1cnc2c(N)ncnc21)C3F. The number of nitrogens with two attached hydrogens (primary N) is 1. The molecule has 10 atom stereocenters. The second kappa shape index (κ2) is 11.5. The minimum atomic E-state index is -5.03. The molecule has 7 rings (SSSR count). The number of hydrogen-bond donors (Lipinski definition) is 4. The molecular weight excluding hydrogens is 659 g/mol. The van der Waals surface area contributed by atoms with Gasteiger partial charge in [0.2, 0.25) is 0 Å². The molecule has 20 nitrogen and oxygen atoms in total. The van der Waals surface area contributed by atoms with Crippen molar-refractivity contribution in [2.24, 2.45) is 0 Å². The van der Waals surface area contributed by atoms with Gasteiger partial charge in [0, 0.05) is 7.11 Å². The lowest BCUT2D eigenvalue weighted by Gasteiger charge is -2.26. The number of aryl methyl sites for hydroxylation is 1. The number of H-pyrrole nitrogens is 1. The number of hydrogen-bond acceptors (Lipinski definition) is 15. The van der Waals surface area contributed by atoms with E-state index in [9.17, 15) is 23.7 Å². The van der Waals surface area contributed by atoms with E-state index in [2.05, 4.69) is 29.9 Å². The second-order valence-electron chi connectivity index (χ2n) is 10.9. The Bertz CT molecular complexity index is 1960. The number of alkyl halides is 1. The Kier molecular flexibility index (Phi) is 7.83. The molecule has 0 aromatic carbocycles. The zero-order valence-corrected chi connectivity index (χ0v) is 25.8. The Morgan fingerprint density at radius 2 is 1.74 bits per heavy atom. The first-order valence-corrected chi connectivity index (χ1v) is 17.1. The summed E-state index contributed by atoms with van der Waals surface area (Å²) in [6.07, 6.45) is -8.89. The van der Waals surface area contributed by atoms with Crippen LogP contribution in [0.15, 0.2) is 23.8 Å². The maximum Gasteiger partial charge on any atom is 0.472 e. The molecule has 4 aromatic rings. The number of nitrogens with one attached hydrogen (secondary N) is 1. The van der Waals surface area contributed by atoms with Crippen molar-refractivity contribution in [3.05, 3.63) is 35.2 Å². The summed E-state index contributed by atoms with van der Waals surface area (Å²) in [6.45, 7) is 0.901. The second-order valence-corrected chi connectivity index (χ2v) is 14.2. The van der Waals surface area contributed by atoms with Gasteiger partial charge in [-0.3, -0.25) is 32.1 Å². The van der Waals surface area contributed by atoms with Crippen LogP contribution in [-0.4, -0.2) is 105 Å². The molecule has 248 valence electrons. The van der Waals surface area contributed by atoms with Crippen molar-refractivity contribution >= 4 is 43.6 Å². The molecule has 23 heteroatoms. The first kappa shape index (κ1) is 31.4. The van der Waals surface area contributed by atoms with Crippen LogP contribution in [0.2, 0.25) is 0 Å². The molecule has 3 saturated heterocycles. The first-order valence-electron chi connectivity index (χ1n) is 13.9. The number of ether oxygens (including phenoxy) is 3. The van der Waals surface area contributed by atoms with Gasteiger partial charge in [-0.05, 0) is 13.3 Å². The molecule has 0 radical (unpaired) electrons. The average molecular weight is 687 g/mol. The van der Waals surface area contributed by atoms with Crippen LogP contribution in [0, 0.1) is 6.92 Å². The van der Waals surface area contributed by atoms with Crippen molar-refractivity contribution in [2.75, 3.05) is 25.6 Å². The van der Waals surface area contributed by atoms with Crippen LogP contribution in [0.5, 0.6) is 0 Å². The standard InChI is InChI=1S/C23H28FN9O11P2/c1-9-30-20-14(21(34)31-9)29-8-33(20)23-17-16(39-2)11(42-23)5-40-46(37,38)44-15-10(3-4-45(35,36)43-17)41-22(12(15)24)32-7-28-13-18(25)26-6-27-19(13)32/h6-8,10-12,15-17,22-23H,3-5H2,1-2H3,(H,35,36)(H,37,38)(H2,25,26,27)(H,30,31,34). The zero-order chi connectivity index (χ0) is 32.5. The van der Waals surface area contributed by atoms with Crippen LogP contribution in [-0.2, 0) is 36.9 Å². The molecule has 0 amide bonds. The van der Waals surface area contributed by atoms with E-state index in [4.69, 9.17) is 33.5 Å². The number of fused-ring (bicyclic) bond motifs is 5. The summed E-state index contributed by atoms with van der Waals surface area (Å²) in [5.74, 6) is 0.301. The number of aromatic amines is 1. The number of halogens is 1. The molecule has 2 bridgehead atoms. The molecule has 46 heavy (non-hydrogen) atoms. The maximum atomic E-state index is 16.0. The summed E-state index contributed by atoms with van der Waals surface area (Å²) in [5.41, 5.74) is 5.67. The molecule has 10 unspecified atom stereocenters. The van der Waals surface area contributed by atoms with Gasteiger partial charge in [-0.2, -0.15) is 0 Å². The molecule has 3 aliphatic heterocycles. The number of nitrogens with zero attached hydrogens (tertiary/aromatic N) is 7. The predicted molar refractivity (Wildman–Crippen MR) is 151 cm³/mol. The lowest BCUT2D eigenvalue weighted by molar-refractivity contribution is -0.0579. The largest absolute Gasteiger partial charge is 0.472 e. The highest BCUT2D eigenvalue weighted by Crippen LogP contribution is 2.54. The summed E-state index contributed by atoms with van der Waals surface area (Å²) in [7, 11) is -8.31. The molecular formula is C23H28FN9O11P2. The van der Waals surface area contributed by atoms with Gasteiger partial charge in [0.05, 0.1) is 31.5 Å². The third-order valence-electron chi connectivity index (χ3n) is 7.95. The highest BCUT2D eigenvalue weighted by atomic mass is 31.2. The molecule has 0 saturated carbocycles. The van der Waals surface area contributed by atoms with Crippen molar-refractivity contribution < 1.29 is 51.1 Å². The van der Waals surface area contributed by atoms with Crippen LogP contribution >= 0.6 is 15.4 Å². The highest BCUT2D eigenvalue weighted by Gasteiger charge is 2.54. The first-order chi connectivity index (χ1) is 21.9. The lowest BCUT2D eigenvalue weighted by Crippen LogP contribution is -2.37. The molecule has 3 aliphatic rings. The highest BCUT2D eigenvalue weighted by molar-refractivity contribution is 7.52. The van der Waals surface area contributed by atoms with Crippen molar-refractivity contribution in [3.63, 3.8) is 0 Å². The Morgan fingerprint density at radius 1 is 1.02 bits per heavy atom. The fourth-order valence-corrected chi connectivity index (χ4v) is 8.15. The van der Waals surface area contributed by atoms with Crippen LogP contribution in [0.3, 0.4) is 0 Å². The van der Waals surface area contributed by atoms with Crippen LogP contribution in [0.4, 0.5) is 10.2 Å². The fourth-order valence-electron chi connectivity index (χ4n) is 5.90. The van der Waals surface area contributed by atoms with Gasteiger partial charge in [0.1, 0.15) is 42.1 Å². The van der Waals surface area contributed by atoms with E-state index in [1.807, 2.05) is 0 Å². The number of phosphoric ester groups is 1. The maximum absolute atomic E-state index is 16.0. The summed E-state index contributed by atoms with van der Waals surface area (Å²) in [4.78, 5) is 57.2. The average Bonchev–Trinajstić information content (AvgIpc) is 3.75. The van der Waals surface area contributed by atoms with Gasteiger partial charge in [-0.25, -0.2) is 33.9 Å². The van der Waals surface area contributed by atoms with Crippen molar-refractivity contribution in [1.82, 2.24) is 39.0 Å². The molecule has 0 aliphatic carbocycles. The number of nitrogen functional groups attached to an aromatic ring is 1. The minimum absolute atomic E-state index is 0.0314. The fraction of sp³-hybridized carbons (Fsp3) is 0.565. The van der Waals surface area contributed by atoms with Crippen LogP contribution < -0.4 is 11.3 Å². The summed E-state index contributed by atoms with van der Waals surface area (Å²) < 4.78 is 79.1.